The fourth-order valence-corrected chi connectivity index (χ4v) is 2.84. The third-order valence-electron chi connectivity index (χ3n) is 1.83. The lowest BCUT2D eigenvalue weighted by molar-refractivity contribution is -0.140. The van der Waals surface area contributed by atoms with Crippen LogP contribution in [0.2, 0.25) is 0 Å². The van der Waals surface area contributed by atoms with Crippen molar-refractivity contribution in [2.24, 2.45) is 0 Å². The summed E-state index contributed by atoms with van der Waals surface area (Å²) >= 11 is 0. The summed E-state index contributed by atoms with van der Waals surface area (Å²) in [7, 11) is -7.92. The standard InChI is InChI=1S/C8H5F4O5PS/c9-5-1-2-7(6(3-5)8(10,11)12)19(15,16)17-4-18(13)14/h1-3H,4H2/p+1. The molecule has 1 aromatic carbocycles. The molecule has 11 heteroatoms. The van der Waals surface area contributed by atoms with E-state index in [9.17, 15) is 30.5 Å². The molecule has 19 heavy (non-hydrogen) atoms. The van der Waals surface area contributed by atoms with E-state index in [-0.39, 0.29) is 6.07 Å². The highest BCUT2D eigenvalue weighted by molar-refractivity contribution is 7.87. The molecule has 0 fully saturated rings. The molecule has 5 nitrogen and oxygen atoms in total. The summed E-state index contributed by atoms with van der Waals surface area (Å²) in [5.74, 6) is -1.28. The molecule has 1 atom stereocenters. The maximum Gasteiger partial charge on any atom is 0.535 e. The van der Waals surface area contributed by atoms with Gasteiger partial charge in [0.05, 0.1) is 5.56 Å². The van der Waals surface area contributed by atoms with Gasteiger partial charge in [-0.15, -0.1) is 0 Å². The van der Waals surface area contributed by atoms with Gasteiger partial charge in [-0.2, -0.15) is 26.5 Å². The highest BCUT2D eigenvalue weighted by Crippen LogP contribution is 2.35. The van der Waals surface area contributed by atoms with Crippen molar-refractivity contribution in [3.63, 3.8) is 0 Å². The van der Waals surface area contributed by atoms with Gasteiger partial charge in [0.2, 0.25) is 0 Å². The molecule has 0 saturated heterocycles. The van der Waals surface area contributed by atoms with E-state index in [0.29, 0.717) is 12.1 Å². The van der Waals surface area contributed by atoms with Crippen molar-refractivity contribution in [1.29, 1.82) is 0 Å². The van der Waals surface area contributed by atoms with Crippen LogP contribution in [0.25, 0.3) is 0 Å². The smallest absolute Gasteiger partial charge is 0.213 e. The highest BCUT2D eigenvalue weighted by Gasteiger charge is 2.38. The van der Waals surface area contributed by atoms with Crippen molar-refractivity contribution >= 4 is 18.1 Å². The number of hydrogen-bond donors (Lipinski definition) is 1. The molecular weight excluding hydrogens is 315 g/mol. The fourth-order valence-electron chi connectivity index (χ4n) is 1.12. The van der Waals surface area contributed by atoms with E-state index in [1.165, 1.54) is 0 Å². The Hall–Kier alpha value is -1.09. The van der Waals surface area contributed by atoms with Crippen LogP contribution in [0, 0.1) is 5.82 Å². The van der Waals surface area contributed by atoms with Gasteiger partial charge in [0, 0.05) is 0 Å². The molecule has 0 radical (unpaired) electrons. The van der Waals surface area contributed by atoms with Gasteiger partial charge in [-0.3, -0.25) is 0 Å². The minimum Gasteiger partial charge on any atom is -0.213 e. The molecular formula is C8H6F4O5PS+. The fraction of sp³-hybridized carbons (Fsp3) is 0.250. The van der Waals surface area contributed by atoms with Gasteiger partial charge in [-0.05, 0) is 22.8 Å². The third kappa shape index (κ3) is 4.20. The second-order valence-corrected chi connectivity index (χ2v) is 5.74. The zero-order valence-corrected chi connectivity index (χ0v) is 10.6. The molecule has 0 aromatic heterocycles. The van der Waals surface area contributed by atoms with Crippen molar-refractivity contribution in [3.8, 4) is 0 Å². The summed E-state index contributed by atoms with van der Waals surface area (Å²) in [6.45, 7) is 0. The molecule has 1 N–H and O–H groups in total. The van der Waals surface area contributed by atoms with E-state index in [1.807, 2.05) is 0 Å². The van der Waals surface area contributed by atoms with Gasteiger partial charge >= 0.3 is 24.3 Å². The monoisotopic (exact) mass is 321 g/mol. The van der Waals surface area contributed by atoms with E-state index < -0.39 is 46.9 Å². The number of halogens is 4. The van der Waals surface area contributed by atoms with Crippen molar-refractivity contribution in [2.45, 2.75) is 11.1 Å². The molecule has 0 amide bonds. The molecule has 0 bridgehead atoms. The van der Waals surface area contributed by atoms with Gasteiger partial charge in [-0.1, -0.05) is 0 Å². The maximum absolute atomic E-state index is 12.8. The molecule has 1 rings (SSSR count). The second-order valence-electron chi connectivity index (χ2n) is 3.19. The Bertz CT molecular complexity index is 598. The molecule has 0 aliphatic heterocycles. The third-order valence-corrected chi connectivity index (χ3v) is 3.68. The van der Waals surface area contributed by atoms with Crippen LogP contribution in [-0.2, 0) is 25.0 Å². The largest absolute Gasteiger partial charge is 0.535 e. The molecule has 0 aliphatic rings. The summed E-state index contributed by atoms with van der Waals surface area (Å²) in [6.07, 6.45) is -6.30. The van der Waals surface area contributed by atoms with Crippen molar-refractivity contribution < 1.29 is 39.6 Å². The maximum atomic E-state index is 12.8. The van der Waals surface area contributed by atoms with Crippen molar-refractivity contribution in [3.05, 3.63) is 29.6 Å². The quantitative estimate of drug-likeness (QED) is 0.522. The number of benzene rings is 1. The Morgan fingerprint density at radius 2 is 1.89 bits per heavy atom. The topological polar surface area (TPSA) is 80.7 Å². The molecule has 0 spiro atoms. The zero-order valence-electron chi connectivity index (χ0n) is 8.89. The molecule has 1 unspecified atom stereocenters. The average molecular weight is 321 g/mol. The first-order valence-electron chi connectivity index (χ1n) is 4.44. The summed E-state index contributed by atoms with van der Waals surface area (Å²) in [6, 6.07) is 0.873. The first-order valence-corrected chi connectivity index (χ1v) is 7.24. The molecule has 0 heterocycles. The Morgan fingerprint density at radius 3 is 2.37 bits per heavy atom. The first kappa shape index (κ1) is 16.0. The lowest BCUT2D eigenvalue weighted by atomic mass is 10.2. The predicted octanol–water partition coefficient (Wildman–Crippen LogP) is 2.24. The molecule has 1 aromatic rings. The summed E-state index contributed by atoms with van der Waals surface area (Å²) in [5, 5.41) is 0. The van der Waals surface area contributed by atoms with Crippen LogP contribution in [0.4, 0.5) is 17.6 Å². The van der Waals surface area contributed by atoms with Crippen LogP contribution in [0.15, 0.2) is 23.1 Å². The van der Waals surface area contributed by atoms with Crippen molar-refractivity contribution in [2.75, 3.05) is 6.35 Å². The van der Waals surface area contributed by atoms with Gasteiger partial charge in [0.25, 0.3) is 6.35 Å². The lowest BCUT2D eigenvalue weighted by Gasteiger charge is -2.11. The predicted molar refractivity (Wildman–Crippen MR) is 54.4 cm³/mol. The Balaban J connectivity index is 3.31. The van der Waals surface area contributed by atoms with E-state index in [0.717, 1.165) is 0 Å². The van der Waals surface area contributed by atoms with E-state index in [1.54, 1.807) is 0 Å². The summed E-state index contributed by atoms with van der Waals surface area (Å²) < 4.78 is 87.6. The highest BCUT2D eigenvalue weighted by atomic mass is 32.2. The van der Waals surface area contributed by atoms with Gasteiger partial charge in [0.15, 0.2) is 0 Å². The first-order chi connectivity index (χ1) is 8.54. The van der Waals surface area contributed by atoms with Gasteiger partial charge in [-0.25, -0.2) is 8.57 Å². The Labute approximate surface area is 105 Å². The minimum absolute atomic E-state index is 0.00476. The zero-order chi connectivity index (χ0) is 14.8. The van der Waals surface area contributed by atoms with Crippen LogP contribution in [0.1, 0.15) is 5.56 Å². The number of rotatable bonds is 4. The van der Waals surface area contributed by atoms with Crippen LogP contribution in [-0.4, -0.2) is 19.7 Å². The molecule has 106 valence electrons. The summed E-state index contributed by atoms with van der Waals surface area (Å²) in [4.78, 5) is 7.05. The Kier molecular flexibility index (Phi) is 4.62. The van der Waals surface area contributed by atoms with Gasteiger partial charge < -0.3 is 0 Å². The Morgan fingerprint density at radius 1 is 1.32 bits per heavy atom. The van der Waals surface area contributed by atoms with E-state index >= 15 is 0 Å². The normalized spacial score (nSPS) is 13.4. The van der Waals surface area contributed by atoms with E-state index in [4.69, 9.17) is 4.89 Å². The number of hydrogen-bond acceptors (Lipinski definition) is 4. The number of alkyl halides is 3. The van der Waals surface area contributed by atoms with Crippen LogP contribution < -0.4 is 0 Å². The molecule has 0 aliphatic carbocycles. The molecule has 0 saturated carbocycles. The van der Waals surface area contributed by atoms with Gasteiger partial charge in [0.1, 0.15) is 10.7 Å². The lowest BCUT2D eigenvalue weighted by Crippen LogP contribution is -2.15. The van der Waals surface area contributed by atoms with Crippen LogP contribution in [0.3, 0.4) is 0 Å². The van der Waals surface area contributed by atoms with E-state index in [2.05, 4.69) is 4.18 Å². The average Bonchev–Trinajstić information content (AvgIpc) is 2.25. The SMILES string of the molecule is O=[P+](O)COS(=O)(=O)c1ccc(F)cc1C(F)(F)F. The van der Waals surface area contributed by atoms with Crippen LogP contribution in [0.5, 0.6) is 0 Å². The minimum atomic E-state index is -5.12. The summed E-state index contributed by atoms with van der Waals surface area (Å²) in [5.41, 5.74) is -1.75. The van der Waals surface area contributed by atoms with Crippen molar-refractivity contribution in [1.82, 2.24) is 0 Å². The second kappa shape index (κ2) is 5.49. The van der Waals surface area contributed by atoms with Crippen LogP contribution >= 0.6 is 8.03 Å².